The van der Waals surface area contributed by atoms with Crippen molar-refractivity contribution in [1.29, 1.82) is 0 Å². The summed E-state index contributed by atoms with van der Waals surface area (Å²) in [7, 11) is 0. The highest BCUT2D eigenvalue weighted by atomic mass is 16.3. The molecule has 1 aromatic heterocycles. The smallest absolute Gasteiger partial charge is 0.222 e. The zero-order valence-electron chi connectivity index (χ0n) is 14.0. The van der Waals surface area contributed by atoms with Crippen LogP contribution in [0.3, 0.4) is 0 Å². The van der Waals surface area contributed by atoms with Gasteiger partial charge in [0.2, 0.25) is 5.91 Å². The number of aromatic hydroxyl groups is 1. The SMILES string of the molecule is Cc1ccnc(C2CCN(C(=O)CCc3ccc(O)cc3)CC2)n1. The molecule has 0 unspecified atom stereocenters. The average molecular weight is 325 g/mol. The molecule has 126 valence electrons. The minimum atomic E-state index is 0.201. The number of aryl methyl sites for hydroxylation is 2. The fraction of sp³-hybridized carbons (Fsp3) is 0.421. The quantitative estimate of drug-likeness (QED) is 0.939. The molecule has 0 saturated carbocycles. The molecule has 1 N–H and O–H groups in total. The molecule has 5 nitrogen and oxygen atoms in total. The molecule has 1 aliphatic rings. The maximum Gasteiger partial charge on any atom is 0.222 e. The first-order chi connectivity index (χ1) is 11.6. The molecule has 0 bridgehead atoms. The Bertz CT molecular complexity index is 692. The normalized spacial score (nSPS) is 15.5. The summed E-state index contributed by atoms with van der Waals surface area (Å²) >= 11 is 0. The number of benzene rings is 1. The van der Waals surface area contributed by atoms with Crippen LogP contribution < -0.4 is 0 Å². The fourth-order valence-corrected chi connectivity index (χ4v) is 3.12. The summed E-state index contributed by atoms with van der Waals surface area (Å²) in [6.07, 6.45) is 4.88. The molecule has 1 saturated heterocycles. The number of phenols is 1. The molecule has 1 aliphatic heterocycles. The highest BCUT2D eigenvalue weighted by molar-refractivity contribution is 5.76. The zero-order valence-corrected chi connectivity index (χ0v) is 14.0. The summed E-state index contributed by atoms with van der Waals surface area (Å²) in [5.41, 5.74) is 2.07. The molecule has 0 atom stereocenters. The second-order valence-electron chi connectivity index (χ2n) is 6.38. The number of rotatable bonds is 4. The van der Waals surface area contributed by atoms with E-state index >= 15 is 0 Å². The van der Waals surface area contributed by atoms with Gasteiger partial charge in [0.1, 0.15) is 11.6 Å². The summed E-state index contributed by atoms with van der Waals surface area (Å²) in [5, 5.41) is 9.29. The van der Waals surface area contributed by atoms with E-state index in [4.69, 9.17) is 0 Å². The van der Waals surface area contributed by atoms with Crippen LogP contribution in [0.4, 0.5) is 0 Å². The van der Waals surface area contributed by atoms with Crippen molar-refractivity contribution in [2.24, 2.45) is 0 Å². The molecular weight excluding hydrogens is 302 g/mol. The number of aromatic nitrogens is 2. The van der Waals surface area contributed by atoms with Crippen molar-refractivity contribution >= 4 is 5.91 Å². The number of carbonyl (C=O) groups is 1. The number of carbonyl (C=O) groups excluding carboxylic acids is 1. The number of nitrogens with zero attached hydrogens (tertiary/aromatic N) is 3. The molecule has 2 heterocycles. The predicted molar refractivity (Wildman–Crippen MR) is 91.8 cm³/mol. The van der Waals surface area contributed by atoms with Gasteiger partial charge in [-0.05, 0) is 49.9 Å². The highest BCUT2D eigenvalue weighted by Crippen LogP contribution is 2.26. The minimum Gasteiger partial charge on any atom is -0.508 e. The Kier molecular flexibility index (Phi) is 5.08. The lowest BCUT2D eigenvalue weighted by molar-refractivity contribution is -0.132. The number of likely N-dealkylation sites (tertiary alicyclic amines) is 1. The van der Waals surface area contributed by atoms with Crippen molar-refractivity contribution in [3.8, 4) is 5.75 Å². The predicted octanol–water partition coefficient (Wildman–Crippen LogP) is 2.83. The lowest BCUT2D eigenvalue weighted by Crippen LogP contribution is -2.38. The van der Waals surface area contributed by atoms with Crippen LogP contribution in [0.2, 0.25) is 0 Å². The van der Waals surface area contributed by atoms with Gasteiger partial charge in [0.05, 0.1) is 0 Å². The van der Waals surface area contributed by atoms with Crippen LogP contribution in [0.5, 0.6) is 5.75 Å². The van der Waals surface area contributed by atoms with E-state index in [9.17, 15) is 9.90 Å². The van der Waals surface area contributed by atoms with Gasteiger partial charge in [-0.2, -0.15) is 0 Å². The molecule has 1 amide bonds. The van der Waals surface area contributed by atoms with Crippen molar-refractivity contribution in [2.45, 2.75) is 38.5 Å². The Morgan fingerprint density at radius 3 is 2.58 bits per heavy atom. The molecule has 1 aromatic carbocycles. The summed E-state index contributed by atoms with van der Waals surface area (Å²) in [6.45, 7) is 3.53. The second-order valence-corrected chi connectivity index (χ2v) is 6.38. The van der Waals surface area contributed by atoms with E-state index in [2.05, 4.69) is 9.97 Å². The molecule has 2 aromatic rings. The fourth-order valence-electron chi connectivity index (χ4n) is 3.12. The van der Waals surface area contributed by atoms with Crippen LogP contribution in [0, 0.1) is 6.92 Å². The summed E-state index contributed by atoms with van der Waals surface area (Å²) in [5.74, 6) is 1.72. The van der Waals surface area contributed by atoms with Gasteiger partial charge in [-0.3, -0.25) is 4.79 Å². The summed E-state index contributed by atoms with van der Waals surface area (Å²) in [4.78, 5) is 23.2. The summed E-state index contributed by atoms with van der Waals surface area (Å²) < 4.78 is 0. The molecule has 5 heteroatoms. The lowest BCUT2D eigenvalue weighted by Gasteiger charge is -2.31. The van der Waals surface area contributed by atoms with Gasteiger partial charge in [-0.15, -0.1) is 0 Å². The van der Waals surface area contributed by atoms with Gasteiger partial charge < -0.3 is 10.0 Å². The standard InChI is InChI=1S/C19H23N3O2/c1-14-8-11-20-19(21-14)16-9-12-22(13-10-16)18(24)7-4-15-2-5-17(23)6-3-15/h2-3,5-6,8,11,16,23H,4,7,9-10,12-13H2,1H3. The van der Waals surface area contributed by atoms with Crippen LogP contribution in [0.25, 0.3) is 0 Å². The van der Waals surface area contributed by atoms with Crippen molar-refractivity contribution in [1.82, 2.24) is 14.9 Å². The van der Waals surface area contributed by atoms with Gasteiger partial charge >= 0.3 is 0 Å². The number of hydrogen-bond acceptors (Lipinski definition) is 4. The van der Waals surface area contributed by atoms with Gasteiger partial charge in [0.25, 0.3) is 0 Å². The number of piperidine rings is 1. The molecule has 0 radical (unpaired) electrons. The van der Waals surface area contributed by atoms with E-state index in [0.29, 0.717) is 18.8 Å². The van der Waals surface area contributed by atoms with E-state index in [1.807, 2.05) is 36.2 Å². The second kappa shape index (κ2) is 7.43. The Balaban J connectivity index is 1.49. The van der Waals surface area contributed by atoms with Gasteiger partial charge in [-0.1, -0.05) is 12.1 Å². The monoisotopic (exact) mass is 325 g/mol. The molecule has 0 spiro atoms. The Morgan fingerprint density at radius 1 is 1.21 bits per heavy atom. The Labute approximate surface area is 142 Å². The first-order valence-electron chi connectivity index (χ1n) is 8.47. The van der Waals surface area contributed by atoms with Crippen molar-refractivity contribution in [3.63, 3.8) is 0 Å². The maximum atomic E-state index is 12.4. The topological polar surface area (TPSA) is 66.3 Å². The molecule has 1 fully saturated rings. The van der Waals surface area contributed by atoms with Crippen LogP contribution in [0.15, 0.2) is 36.5 Å². The highest BCUT2D eigenvalue weighted by Gasteiger charge is 2.25. The molecular formula is C19H23N3O2. The summed E-state index contributed by atoms with van der Waals surface area (Å²) in [6, 6.07) is 8.96. The average Bonchev–Trinajstić information content (AvgIpc) is 2.61. The van der Waals surface area contributed by atoms with E-state index in [-0.39, 0.29) is 11.7 Å². The van der Waals surface area contributed by atoms with Gasteiger partial charge in [-0.25, -0.2) is 9.97 Å². The van der Waals surface area contributed by atoms with E-state index in [0.717, 1.165) is 43.0 Å². The van der Waals surface area contributed by atoms with Gasteiger partial charge in [0.15, 0.2) is 0 Å². The van der Waals surface area contributed by atoms with E-state index < -0.39 is 0 Å². The number of amides is 1. The van der Waals surface area contributed by atoms with Gasteiger partial charge in [0, 0.05) is 37.3 Å². The van der Waals surface area contributed by atoms with Crippen LogP contribution >= 0.6 is 0 Å². The third kappa shape index (κ3) is 4.10. The van der Waals surface area contributed by atoms with Crippen molar-refractivity contribution in [2.75, 3.05) is 13.1 Å². The first kappa shape index (κ1) is 16.4. The van der Waals surface area contributed by atoms with Crippen LogP contribution in [-0.4, -0.2) is 39.0 Å². The Hall–Kier alpha value is -2.43. The Morgan fingerprint density at radius 2 is 1.92 bits per heavy atom. The zero-order chi connectivity index (χ0) is 16.9. The van der Waals surface area contributed by atoms with E-state index in [1.165, 1.54) is 0 Å². The van der Waals surface area contributed by atoms with Crippen molar-refractivity contribution in [3.05, 3.63) is 53.6 Å². The number of hydrogen-bond donors (Lipinski definition) is 1. The lowest BCUT2D eigenvalue weighted by atomic mass is 9.95. The maximum absolute atomic E-state index is 12.4. The largest absolute Gasteiger partial charge is 0.508 e. The number of phenolic OH excluding ortho intramolecular Hbond substituents is 1. The third-order valence-corrected chi connectivity index (χ3v) is 4.59. The minimum absolute atomic E-state index is 0.201. The van der Waals surface area contributed by atoms with E-state index in [1.54, 1.807) is 12.1 Å². The first-order valence-corrected chi connectivity index (χ1v) is 8.47. The third-order valence-electron chi connectivity index (χ3n) is 4.59. The van der Waals surface area contributed by atoms with Crippen LogP contribution in [0.1, 0.15) is 42.3 Å². The van der Waals surface area contributed by atoms with Crippen LogP contribution in [-0.2, 0) is 11.2 Å². The molecule has 24 heavy (non-hydrogen) atoms. The van der Waals surface area contributed by atoms with Crippen molar-refractivity contribution < 1.29 is 9.90 Å². The molecule has 0 aliphatic carbocycles. The molecule has 3 rings (SSSR count).